The van der Waals surface area contributed by atoms with E-state index in [1.54, 1.807) is 18.2 Å². The molecule has 7 heteroatoms. The van der Waals surface area contributed by atoms with Gasteiger partial charge < -0.3 is 15.0 Å². The van der Waals surface area contributed by atoms with E-state index in [2.05, 4.69) is 10.1 Å². The van der Waals surface area contributed by atoms with Crippen molar-refractivity contribution in [2.75, 3.05) is 20.2 Å². The second-order valence-corrected chi connectivity index (χ2v) is 5.27. The highest BCUT2D eigenvalue weighted by atomic mass is 19.1. The average molecular weight is 322 g/mol. The van der Waals surface area contributed by atoms with E-state index >= 15 is 0 Å². The van der Waals surface area contributed by atoms with Gasteiger partial charge in [0, 0.05) is 19.5 Å². The van der Waals surface area contributed by atoms with Gasteiger partial charge in [0.1, 0.15) is 11.9 Å². The molecule has 1 heterocycles. The topological polar surface area (TPSA) is 75.7 Å². The standard InChI is InChI=1S/C16H19FN2O4/c1-23-15(21)10-13-16(22)18-8-9-19(13)14(20)7-6-11-4-2-3-5-12(11)17/h2-5,13H,6-10H2,1H3,(H,18,22). The van der Waals surface area contributed by atoms with Gasteiger partial charge in [-0.2, -0.15) is 0 Å². The first kappa shape index (κ1) is 16.9. The highest BCUT2D eigenvalue weighted by Crippen LogP contribution is 2.14. The summed E-state index contributed by atoms with van der Waals surface area (Å²) < 4.78 is 18.2. The number of nitrogens with one attached hydrogen (secondary N) is 1. The molecular formula is C16H19FN2O4. The molecular weight excluding hydrogens is 303 g/mol. The van der Waals surface area contributed by atoms with E-state index in [-0.39, 0.29) is 36.9 Å². The first-order valence-electron chi connectivity index (χ1n) is 7.40. The van der Waals surface area contributed by atoms with Crippen LogP contribution in [0.3, 0.4) is 0 Å². The fourth-order valence-electron chi connectivity index (χ4n) is 2.54. The Bertz CT molecular complexity index is 605. The maximum atomic E-state index is 13.6. The molecule has 1 fully saturated rings. The summed E-state index contributed by atoms with van der Waals surface area (Å²) in [7, 11) is 1.23. The molecule has 1 aromatic rings. The molecule has 1 unspecified atom stereocenters. The largest absolute Gasteiger partial charge is 0.469 e. The van der Waals surface area contributed by atoms with Crippen molar-refractivity contribution in [3.8, 4) is 0 Å². The highest BCUT2D eigenvalue weighted by molar-refractivity contribution is 5.91. The SMILES string of the molecule is COC(=O)CC1C(=O)NCCN1C(=O)CCc1ccccc1F. The normalized spacial score (nSPS) is 17.6. The number of rotatable bonds is 5. The van der Waals surface area contributed by atoms with Crippen molar-refractivity contribution < 1.29 is 23.5 Å². The van der Waals surface area contributed by atoms with Gasteiger partial charge in [0.15, 0.2) is 0 Å². The molecule has 1 atom stereocenters. The Hall–Kier alpha value is -2.44. The van der Waals surface area contributed by atoms with Crippen molar-refractivity contribution in [2.45, 2.75) is 25.3 Å². The van der Waals surface area contributed by atoms with Crippen LogP contribution in [0.4, 0.5) is 4.39 Å². The van der Waals surface area contributed by atoms with E-state index in [4.69, 9.17) is 0 Å². The maximum Gasteiger partial charge on any atom is 0.308 e. The summed E-state index contributed by atoms with van der Waals surface area (Å²) in [6.07, 6.45) is 0.133. The second kappa shape index (κ2) is 7.71. The van der Waals surface area contributed by atoms with Crippen LogP contribution >= 0.6 is 0 Å². The van der Waals surface area contributed by atoms with Gasteiger partial charge in [0.2, 0.25) is 11.8 Å². The molecule has 6 nitrogen and oxygen atoms in total. The van der Waals surface area contributed by atoms with E-state index in [1.165, 1.54) is 18.1 Å². The van der Waals surface area contributed by atoms with Crippen LogP contribution < -0.4 is 5.32 Å². The number of ether oxygens (including phenoxy) is 1. The molecule has 0 spiro atoms. The third-order valence-electron chi connectivity index (χ3n) is 3.80. The summed E-state index contributed by atoms with van der Waals surface area (Å²) in [6, 6.07) is 5.38. The van der Waals surface area contributed by atoms with Crippen molar-refractivity contribution in [1.82, 2.24) is 10.2 Å². The lowest BCUT2D eigenvalue weighted by molar-refractivity contribution is -0.150. The van der Waals surface area contributed by atoms with E-state index in [9.17, 15) is 18.8 Å². The zero-order valence-corrected chi connectivity index (χ0v) is 12.9. The summed E-state index contributed by atoms with van der Waals surface area (Å²) in [5.74, 6) is -1.57. The molecule has 23 heavy (non-hydrogen) atoms. The summed E-state index contributed by atoms with van der Waals surface area (Å²) in [5.41, 5.74) is 0.451. The van der Waals surface area contributed by atoms with Gasteiger partial charge in [0.05, 0.1) is 13.5 Å². The molecule has 1 aliphatic heterocycles. The number of carbonyl (C=O) groups is 3. The second-order valence-electron chi connectivity index (χ2n) is 5.27. The molecule has 2 rings (SSSR count). The molecule has 0 radical (unpaired) electrons. The molecule has 0 saturated carbocycles. The number of carbonyl (C=O) groups excluding carboxylic acids is 3. The number of hydrogen-bond acceptors (Lipinski definition) is 4. The number of nitrogens with zero attached hydrogens (tertiary/aromatic N) is 1. The molecule has 0 aromatic heterocycles. The minimum Gasteiger partial charge on any atom is -0.469 e. The van der Waals surface area contributed by atoms with E-state index < -0.39 is 12.0 Å². The number of piperazine rings is 1. The van der Waals surface area contributed by atoms with Crippen LogP contribution in [-0.4, -0.2) is 48.9 Å². The van der Waals surface area contributed by atoms with Crippen LogP contribution in [0.2, 0.25) is 0 Å². The summed E-state index contributed by atoms with van der Waals surface area (Å²) in [4.78, 5) is 37.1. The van der Waals surface area contributed by atoms with E-state index in [0.29, 0.717) is 18.7 Å². The Morgan fingerprint density at radius 1 is 1.39 bits per heavy atom. The molecule has 1 N–H and O–H groups in total. The van der Waals surface area contributed by atoms with Crippen molar-refractivity contribution in [2.24, 2.45) is 0 Å². The van der Waals surface area contributed by atoms with Gasteiger partial charge in [-0.3, -0.25) is 14.4 Å². The van der Waals surface area contributed by atoms with Crippen molar-refractivity contribution in [1.29, 1.82) is 0 Å². The third kappa shape index (κ3) is 4.28. The fourth-order valence-corrected chi connectivity index (χ4v) is 2.54. The van der Waals surface area contributed by atoms with E-state index in [0.717, 1.165) is 0 Å². The zero-order chi connectivity index (χ0) is 16.8. The Kier molecular flexibility index (Phi) is 5.67. The van der Waals surface area contributed by atoms with Crippen LogP contribution in [0, 0.1) is 5.82 Å². The summed E-state index contributed by atoms with van der Waals surface area (Å²) in [6.45, 7) is 0.658. The number of benzene rings is 1. The predicted molar refractivity (Wildman–Crippen MR) is 79.9 cm³/mol. The number of esters is 1. The Morgan fingerprint density at radius 3 is 2.83 bits per heavy atom. The molecule has 2 amide bonds. The maximum absolute atomic E-state index is 13.6. The fraction of sp³-hybridized carbons (Fsp3) is 0.438. The lowest BCUT2D eigenvalue weighted by Crippen LogP contribution is -2.57. The van der Waals surface area contributed by atoms with Gasteiger partial charge >= 0.3 is 5.97 Å². The average Bonchev–Trinajstić information content (AvgIpc) is 2.55. The monoisotopic (exact) mass is 322 g/mol. The van der Waals surface area contributed by atoms with Gasteiger partial charge in [-0.15, -0.1) is 0 Å². The summed E-state index contributed by atoms with van der Waals surface area (Å²) in [5, 5.41) is 2.63. The molecule has 124 valence electrons. The predicted octanol–water partition coefficient (Wildman–Crippen LogP) is 0.648. The number of halogens is 1. The number of amides is 2. The minimum absolute atomic E-state index is 0.0753. The number of methoxy groups -OCH3 is 1. The quantitative estimate of drug-likeness (QED) is 0.808. The van der Waals surface area contributed by atoms with Crippen LogP contribution in [0.5, 0.6) is 0 Å². The lowest BCUT2D eigenvalue weighted by Gasteiger charge is -2.34. The molecule has 0 aliphatic carbocycles. The van der Waals surface area contributed by atoms with E-state index in [1.807, 2.05) is 0 Å². The molecule has 1 saturated heterocycles. The molecule has 1 aromatic carbocycles. The van der Waals surface area contributed by atoms with Gasteiger partial charge in [-0.1, -0.05) is 18.2 Å². The lowest BCUT2D eigenvalue weighted by atomic mass is 10.1. The van der Waals surface area contributed by atoms with Crippen LogP contribution in [-0.2, 0) is 25.5 Å². The Morgan fingerprint density at radius 2 is 2.13 bits per heavy atom. The zero-order valence-electron chi connectivity index (χ0n) is 12.9. The summed E-state index contributed by atoms with van der Waals surface area (Å²) >= 11 is 0. The van der Waals surface area contributed by atoms with Crippen molar-refractivity contribution in [3.05, 3.63) is 35.6 Å². The molecule has 0 bridgehead atoms. The van der Waals surface area contributed by atoms with Gasteiger partial charge in [-0.25, -0.2) is 4.39 Å². The van der Waals surface area contributed by atoms with Crippen molar-refractivity contribution >= 4 is 17.8 Å². The van der Waals surface area contributed by atoms with Crippen LogP contribution in [0.25, 0.3) is 0 Å². The van der Waals surface area contributed by atoms with Gasteiger partial charge in [0.25, 0.3) is 0 Å². The minimum atomic E-state index is -0.871. The number of hydrogen-bond donors (Lipinski definition) is 1. The first-order valence-corrected chi connectivity index (χ1v) is 7.40. The molecule has 1 aliphatic rings. The smallest absolute Gasteiger partial charge is 0.308 e. The third-order valence-corrected chi connectivity index (χ3v) is 3.80. The van der Waals surface area contributed by atoms with Gasteiger partial charge in [-0.05, 0) is 18.1 Å². The number of aryl methyl sites for hydroxylation is 1. The highest BCUT2D eigenvalue weighted by Gasteiger charge is 2.34. The van der Waals surface area contributed by atoms with Crippen LogP contribution in [0.15, 0.2) is 24.3 Å². The van der Waals surface area contributed by atoms with Crippen molar-refractivity contribution in [3.63, 3.8) is 0 Å². The Balaban J connectivity index is 2.02. The first-order chi connectivity index (χ1) is 11.0. The Labute approximate surface area is 133 Å². The van der Waals surface area contributed by atoms with Crippen LogP contribution in [0.1, 0.15) is 18.4 Å².